The van der Waals surface area contributed by atoms with E-state index in [-0.39, 0.29) is 5.69 Å². The van der Waals surface area contributed by atoms with Crippen LogP contribution in [0.2, 0.25) is 0 Å². The molecule has 0 radical (unpaired) electrons. The molecule has 11 heavy (non-hydrogen) atoms. The van der Waals surface area contributed by atoms with Crippen molar-refractivity contribution in [3.63, 3.8) is 0 Å². The Bertz CT molecular complexity index is 325. The van der Waals surface area contributed by atoms with Gasteiger partial charge in [-0.15, -0.1) is 4.91 Å². The Hall–Kier alpha value is -1.69. The van der Waals surface area contributed by atoms with Crippen LogP contribution in [0.4, 0.5) is 5.69 Å². The molecule has 3 heteroatoms. The SMILES string of the molecule is Cc1cccc(C#N)c1N=O. The minimum Gasteiger partial charge on any atom is -0.192 e. The standard InChI is InChI=1S/C8H6N2O/c1-6-3-2-4-7(5-9)8(6)10-11/h2-4H,1H3. The fourth-order valence-electron chi connectivity index (χ4n) is 0.870. The lowest BCUT2D eigenvalue weighted by atomic mass is 10.1. The number of aryl methyl sites for hydroxylation is 1. The molecule has 0 aliphatic carbocycles. The molecule has 0 unspecified atom stereocenters. The van der Waals surface area contributed by atoms with Crippen molar-refractivity contribution in [1.82, 2.24) is 0 Å². The normalized spacial score (nSPS) is 8.73. The van der Waals surface area contributed by atoms with Crippen molar-refractivity contribution >= 4 is 5.69 Å². The van der Waals surface area contributed by atoms with Gasteiger partial charge in [0.15, 0.2) is 0 Å². The van der Waals surface area contributed by atoms with Crippen LogP contribution >= 0.6 is 0 Å². The van der Waals surface area contributed by atoms with Crippen LogP contribution in [0.1, 0.15) is 11.1 Å². The number of hydrogen-bond acceptors (Lipinski definition) is 3. The summed E-state index contributed by atoms with van der Waals surface area (Å²) in [5.74, 6) is 0. The lowest BCUT2D eigenvalue weighted by Crippen LogP contribution is -1.78. The van der Waals surface area contributed by atoms with Gasteiger partial charge < -0.3 is 0 Å². The van der Waals surface area contributed by atoms with Crippen molar-refractivity contribution in [2.45, 2.75) is 6.92 Å². The second-order valence-corrected chi connectivity index (χ2v) is 2.17. The maximum atomic E-state index is 10.2. The second kappa shape index (κ2) is 2.93. The first-order valence-corrected chi connectivity index (χ1v) is 3.12. The Morgan fingerprint density at radius 1 is 1.55 bits per heavy atom. The molecule has 0 aliphatic rings. The van der Waals surface area contributed by atoms with Gasteiger partial charge in [0.2, 0.25) is 0 Å². The third-order valence-electron chi connectivity index (χ3n) is 1.45. The highest BCUT2D eigenvalue weighted by Crippen LogP contribution is 2.21. The summed E-state index contributed by atoms with van der Waals surface area (Å²) in [6.07, 6.45) is 0. The molecule has 0 saturated carbocycles. The minimum absolute atomic E-state index is 0.245. The van der Waals surface area contributed by atoms with Gasteiger partial charge in [-0.25, -0.2) is 0 Å². The van der Waals surface area contributed by atoms with Gasteiger partial charge in [-0.3, -0.25) is 0 Å². The highest BCUT2D eigenvalue weighted by atomic mass is 16.3. The van der Waals surface area contributed by atoms with Crippen molar-refractivity contribution < 1.29 is 0 Å². The summed E-state index contributed by atoms with van der Waals surface area (Å²) in [6, 6.07) is 6.94. The summed E-state index contributed by atoms with van der Waals surface area (Å²) >= 11 is 0. The second-order valence-electron chi connectivity index (χ2n) is 2.17. The Morgan fingerprint density at radius 3 is 2.73 bits per heavy atom. The molecule has 0 heterocycles. The Morgan fingerprint density at radius 2 is 2.27 bits per heavy atom. The fraction of sp³-hybridized carbons (Fsp3) is 0.125. The highest BCUT2D eigenvalue weighted by molar-refractivity contribution is 5.57. The molecular weight excluding hydrogens is 140 g/mol. The molecule has 54 valence electrons. The lowest BCUT2D eigenvalue weighted by molar-refractivity contribution is 1.35. The molecule has 1 aromatic rings. The van der Waals surface area contributed by atoms with Gasteiger partial charge in [-0.2, -0.15) is 5.26 Å². The van der Waals surface area contributed by atoms with E-state index in [1.165, 1.54) is 0 Å². The van der Waals surface area contributed by atoms with Gasteiger partial charge in [0.1, 0.15) is 11.8 Å². The zero-order valence-electron chi connectivity index (χ0n) is 6.03. The quantitative estimate of drug-likeness (QED) is 0.570. The largest absolute Gasteiger partial charge is 0.192 e. The van der Waals surface area contributed by atoms with E-state index in [1.807, 2.05) is 6.07 Å². The molecule has 0 bridgehead atoms. The number of benzene rings is 1. The van der Waals surface area contributed by atoms with Gasteiger partial charge in [0.25, 0.3) is 0 Å². The van der Waals surface area contributed by atoms with E-state index in [2.05, 4.69) is 5.18 Å². The molecule has 0 aliphatic heterocycles. The molecule has 0 amide bonds. The van der Waals surface area contributed by atoms with E-state index in [1.54, 1.807) is 25.1 Å². The van der Waals surface area contributed by atoms with Gasteiger partial charge in [-0.1, -0.05) is 12.1 Å². The molecule has 0 saturated heterocycles. The average molecular weight is 146 g/mol. The van der Waals surface area contributed by atoms with Crippen molar-refractivity contribution in [1.29, 1.82) is 5.26 Å². The summed E-state index contributed by atoms with van der Waals surface area (Å²) in [7, 11) is 0. The molecule has 0 N–H and O–H groups in total. The molecule has 0 atom stereocenters. The molecule has 0 fully saturated rings. The van der Waals surface area contributed by atoms with Crippen LogP contribution < -0.4 is 0 Å². The van der Waals surface area contributed by atoms with E-state index in [0.717, 1.165) is 5.56 Å². The topological polar surface area (TPSA) is 53.2 Å². The number of nitrogens with zero attached hydrogens (tertiary/aromatic N) is 2. The number of hydrogen-bond donors (Lipinski definition) is 0. The van der Waals surface area contributed by atoms with Crippen LogP contribution in [-0.4, -0.2) is 0 Å². The van der Waals surface area contributed by atoms with Crippen molar-refractivity contribution in [2.24, 2.45) is 5.18 Å². The first-order valence-electron chi connectivity index (χ1n) is 3.12. The third-order valence-corrected chi connectivity index (χ3v) is 1.45. The predicted molar refractivity (Wildman–Crippen MR) is 41.3 cm³/mol. The minimum atomic E-state index is 0.245. The van der Waals surface area contributed by atoms with Crippen LogP contribution in [0.5, 0.6) is 0 Å². The average Bonchev–Trinajstić information content (AvgIpc) is 2.04. The van der Waals surface area contributed by atoms with Crippen LogP contribution in [0.25, 0.3) is 0 Å². The molecule has 0 spiro atoms. The van der Waals surface area contributed by atoms with Crippen molar-refractivity contribution in [3.05, 3.63) is 34.2 Å². The van der Waals surface area contributed by atoms with E-state index in [4.69, 9.17) is 5.26 Å². The summed E-state index contributed by atoms with van der Waals surface area (Å²) in [5, 5.41) is 11.3. The van der Waals surface area contributed by atoms with Gasteiger partial charge >= 0.3 is 0 Å². The van der Waals surface area contributed by atoms with Gasteiger partial charge in [-0.05, 0) is 23.7 Å². The number of nitroso groups, excluding NO2 is 1. The van der Waals surface area contributed by atoms with E-state index < -0.39 is 0 Å². The maximum Gasteiger partial charge on any atom is 0.128 e. The first kappa shape index (κ1) is 7.42. The van der Waals surface area contributed by atoms with E-state index in [9.17, 15) is 4.91 Å². The Labute approximate surface area is 64.2 Å². The van der Waals surface area contributed by atoms with Crippen molar-refractivity contribution in [3.8, 4) is 6.07 Å². The zero-order valence-corrected chi connectivity index (χ0v) is 6.03. The maximum absolute atomic E-state index is 10.2. The zero-order chi connectivity index (χ0) is 8.27. The number of rotatable bonds is 1. The molecule has 0 aromatic heterocycles. The molecule has 1 rings (SSSR count). The third kappa shape index (κ3) is 1.24. The van der Waals surface area contributed by atoms with Crippen LogP contribution in [-0.2, 0) is 0 Å². The first-order chi connectivity index (χ1) is 5.29. The summed E-state index contributed by atoms with van der Waals surface area (Å²) in [5.41, 5.74) is 1.31. The summed E-state index contributed by atoms with van der Waals surface area (Å²) in [4.78, 5) is 10.2. The van der Waals surface area contributed by atoms with E-state index >= 15 is 0 Å². The van der Waals surface area contributed by atoms with Crippen LogP contribution in [0, 0.1) is 23.2 Å². The summed E-state index contributed by atoms with van der Waals surface area (Å²) in [6.45, 7) is 1.75. The fourth-order valence-corrected chi connectivity index (χ4v) is 0.870. The van der Waals surface area contributed by atoms with Crippen LogP contribution in [0.15, 0.2) is 23.4 Å². The smallest absolute Gasteiger partial charge is 0.128 e. The van der Waals surface area contributed by atoms with Crippen molar-refractivity contribution in [2.75, 3.05) is 0 Å². The van der Waals surface area contributed by atoms with Crippen LogP contribution in [0.3, 0.4) is 0 Å². The summed E-state index contributed by atoms with van der Waals surface area (Å²) < 4.78 is 0. The van der Waals surface area contributed by atoms with Gasteiger partial charge in [0, 0.05) is 0 Å². The lowest BCUT2D eigenvalue weighted by Gasteiger charge is -1.95. The predicted octanol–water partition coefficient (Wildman–Crippen LogP) is 2.26. The van der Waals surface area contributed by atoms with E-state index in [0.29, 0.717) is 5.56 Å². The van der Waals surface area contributed by atoms with Gasteiger partial charge in [0.05, 0.1) is 5.56 Å². The monoisotopic (exact) mass is 146 g/mol. The molecular formula is C8H6N2O. The Kier molecular flexibility index (Phi) is 1.98. The number of nitriles is 1. The molecule has 1 aromatic carbocycles. The highest BCUT2D eigenvalue weighted by Gasteiger charge is 2.03. The molecule has 3 nitrogen and oxygen atoms in total. The Balaban J connectivity index is 3.38.